The second-order valence-electron chi connectivity index (χ2n) is 5.00. The summed E-state index contributed by atoms with van der Waals surface area (Å²) in [6.45, 7) is 1.67. The minimum Gasteiger partial charge on any atom is -0.416 e. The maximum atomic E-state index is 12.1. The van der Waals surface area contributed by atoms with E-state index in [2.05, 4.69) is 4.98 Å². The summed E-state index contributed by atoms with van der Waals surface area (Å²) >= 11 is 3.09. The maximum Gasteiger partial charge on any atom is 0.417 e. The molecule has 1 aromatic heterocycles. The van der Waals surface area contributed by atoms with Crippen molar-refractivity contribution >= 4 is 55.2 Å². The fraction of sp³-hybridized carbons (Fsp3) is 0.385. The lowest BCUT2D eigenvalue weighted by atomic mass is 10.2. The molecule has 0 radical (unpaired) electrons. The Hall–Kier alpha value is -1.36. The normalized spacial score (nSPS) is 21.9. The van der Waals surface area contributed by atoms with E-state index in [1.54, 1.807) is 24.8 Å². The number of hydrogen-bond acceptors (Lipinski definition) is 8. The number of carbonyl (C=O) groups excluding carboxylic acids is 1. The number of cyclic esters (lactones) is 1. The van der Waals surface area contributed by atoms with Gasteiger partial charge in [-0.1, -0.05) is 11.8 Å². The Morgan fingerprint density at radius 2 is 2.17 bits per heavy atom. The first-order chi connectivity index (χ1) is 10.8. The third-order valence-electron chi connectivity index (χ3n) is 3.29. The van der Waals surface area contributed by atoms with Gasteiger partial charge in [0, 0.05) is 5.69 Å². The van der Waals surface area contributed by atoms with Crippen LogP contribution in [0.5, 0.6) is 0 Å². The Labute approximate surface area is 141 Å². The number of thiazole rings is 1. The van der Waals surface area contributed by atoms with E-state index in [1.165, 1.54) is 16.2 Å². The van der Waals surface area contributed by atoms with Crippen molar-refractivity contribution < 1.29 is 22.1 Å². The first-order valence-corrected chi connectivity index (χ1v) is 10.5. The maximum absolute atomic E-state index is 12.1. The van der Waals surface area contributed by atoms with Crippen molar-refractivity contribution in [2.75, 3.05) is 17.4 Å². The van der Waals surface area contributed by atoms with Crippen LogP contribution in [0.15, 0.2) is 22.5 Å². The summed E-state index contributed by atoms with van der Waals surface area (Å²) in [5.74, 6) is 0. The number of anilines is 1. The number of amides is 1. The molecule has 1 aliphatic heterocycles. The zero-order chi connectivity index (χ0) is 16.8. The number of aromatic nitrogens is 1. The molecule has 1 fully saturated rings. The molecule has 10 heteroatoms. The third kappa shape index (κ3) is 3.30. The van der Waals surface area contributed by atoms with Gasteiger partial charge >= 0.3 is 6.09 Å². The fourth-order valence-electron chi connectivity index (χ4n) is 2.28. The average Bonchev–Trinajstić information content (AvgIpc) is 2.98. The van der Waals surface area contributed by atoms with Crippen molar-refractivity contribution in [3.8, 4) is 0 Å². The van der Waals surface area contributed by atoms with Gasteiger partial charge in [0.15, 0.2) is 4.34 Å². The molecule has 0 saturated carbocycles. The first kappa shape index (κ1) is 16.5. The number of nitrogens with zero attached hydrogens (tertiary/aromatic N) is 2. The molecule has 1 amide bonds. The van der Waals surface area contributed by atoms with E-state index in [-0.39, 0.29) is 0 Å². The number of ether oxygens (including phenoxy) is 1. The number of rotatable bonds is 4. The highest BCUT2D eigenvalue weighted by atomic mass is 32.2. The van der Waals surface area contributed by atoms with E-state index in [0.717, 1.165) is 20.8 Å². The van der Waals surface area contributed by atoms with Crippen molar-refractivity contribution in [3.63, 3.8) is 0 Å². The standard InChI is InChI=1S/C13H14N2O5S3/c1-7-11(20-23(3,17)18)19-13(16)15(7)8-4-5-9-10(6-8)22-12(14-9)21-2/h4-7,11H,1-3H3/t7?,11-/m1/s1. The Kier molecular flexibility index (Phi) is 4.25. The molecule has 0 aliphatic carbocycles. The Bertz CT molecular complexity index is 864. The molecule has 0 bridgehead atoms. The van der Waals surface area contributed by atoms with Gasteiger partial charge in [0.1, 0.15) is 6.04 Å². The van der Waals surface area contributed by atoms with Crippen molar-refractivity contribution in [2.24, 2.45) is 0 Å². The smallest absolute Gasteiger partial charge is 0.416 e. The van der Waals surface area contributed by atoms with Gasteiger partial charge in [0.05, 0.1) is 16.5 Å². The number of benzene rings is 1. The zero-order valence-corrected chi connectivity index (χ0v) is 15.0. The summed E-state index contributed by atoms with van der Waals surface area (Å²) in [5.41, 5.74) is 1.47. The lowest BCUT2D eigenvalue weighted by molar-refractivity contribution is -0.00471. The van der Waals surface area contributed by atoms with Gasteiger partial charge in [-0.3, -0.25) is 4.90 Å². The molecule has 0 N–H and O–H groups in total. The SMILES string of the molecule is CSc1nc2ccc(N3C(=O)O[C@H](OS(C)(=O)=O)C3C)cc2s1. The summed E-state index contributed by atoms with van der Waals surface area (Å²) in [5, 5.41) is 0. The van der Waals surface area contributed by atoms with Gasteiger partial charge in [0.2, 0.25) is 6.29 Å². The number of hydrogen-bond donors (Lipinski definition) is 0. The number of fused-ring (bicyclic) bond motifs is 1. The summed E-state index contributed by atoms with van der Waals surface area (Å²) in [6.07, 6.45) is 1.08. The van der Waals surface area contributed by atoms with Crippen molar-refractivity contribution in [3.05, 3.63) is 18.2 Å². The van der Waals surface area contributed by atoms with E-state index in [1.807, 2.05) is 18.4 Å². The Balaban J connectivity index is 1.92. The molecule has 1 aromatic carbocycles. The molecule has 2 atom stereocenters. The van der Waals surface area contributed by atoms with Crippen LogP contribution in [0.1, 0.15) is 6.92 Å². The highest BCUT2D eigenvalue weighted by molar-refractivity contribution is 8.00. The first-order valence-electron chi connectivity index (χ1n) is 6.61. The van der Waals surface area contributed by atoms with Crippen molar-refractivity contribution in [1.82, 2.24) is 4.98 Å². The van der Waals surface area contributed by atoms with Crippen LogP contribution in [-0.4, -0.2) is 44.3 Å². The number of carbonyl (C=O) groups is 1. The Morgan fingerprint density at radius 3 is 2.83 bits per heavy atom. The molecule has 23 heavy (non-hydrogen) atoms. The monoisotopic (exact) mass is 374 g/mol. The number of thioether (sulfide) groups is 1. The highest BCUT2D eigenvalue weighted by Crippen LogP contribution is 2.34. The predicted octanol–water partition coefficient (Wildman–Crippen LogP) is 2.67. The van der Waals surface area contributed by atoms with Crippen LogP contribution in [-0.2, 0) is 19.0 Å². The van der Waals surface area contributed by atoms with Crippen LogP contribution in [0.25, 0.3) is 10.2 Å². The van der Waals surface area contributed by atoms with E-state index >= 15 is 0 Å². The Morgan fingerprint density at radius 1 is 1.43 bits per heavy atom. The van der Waals surface area contributed by atoms with Gasteiger partial charge in [-0.15, -0.1) is 11.3 Å². The van der Waals surface area contributed by atoms with Gasteiger partial charge in [-0.25, -0.2) is 14.0 Å². The highest BCUT2D eigenvalue weighted by Gasteiger charge is 2.42. The van der Waals surface area contributed by atoms with Crippen molar-refractivity contribution in [2.45, 2.75) is 23.6 Å². The van der Waals surface area contributed by atoms with Gasteiger partial charge < -0.3 is 4.74 Å². The van der Waals surface area contributed by atoms with Crippen LogP contribution in [0.2, 0.25) is 0 Å². The summed E-state index contributed by atoms with van der Waals surface area (Å²) in [6, 6.07) is 4.86. The molecule has 124 valence electrons. The predicted molar refractivity (Wildman–Crippen MR) is 89.5 cm³/mol. The molecule has 2 heterocycles. The van der Waals surface area contributed by atoms with Gasteiger partial charge in [-0.05, 0) is 31.4 Å². The topological polar surface area (TPSA) is 85.8 Å². The largest absolute Gasteiger partial charge is 0.417 e. The second-order valence-corrected chi connectivity index (χ2v) is 8.68. The molecule has 3 rings (SSSR count). The fourth-order valence-corrected chi connectivity index (χ4v) is 4.35. The summed E-state index contributed by atoms with van der Waals surface area (Å²) < 4.78 is 34.2. The lowest BCUT2D eigenvalue weighted by Gasteiger charge is -2.20. The molecule has 7 nitrogen and oxygen atoms in total. The van der Waals surface area contributed by atoms with Crippen LogP contribution in [0, 0.1) is 0 Å². The van der Waals surface area contributed by atoms with E-state index in [0.29, 0.717) is 5.69 Å². The van der Waals surface area contributed by atoms with Crippen LogP contribution >= 0.6 is 23.1 Å². The lowest BCUT2D eigenvalue weighted by Crippen LogP contribution is -2.35. The third-order valence-corrected chi connectivity index (χ3v) is 5.83. The molecule has 1 aliphatic rings. The van der Waals surface area contributed by atoms with Crippen LogP contribution in [0.3, 0.4) is 0 Å². The summed E-state index contributed by atoms with van der Waals surface area (Å²) in [4.78, 5) is 17.9. The van der Waals surface area contributed by atoms with E-state index in [9.17, 15) is 13.2 Å². The molecule has 2 aromatic rings. The van der Waals surface area contributed by atoms with Gasteiger partial charge in [-0.2, -0.15) is 8.42 Å². The zero-order valence-electron chi connectivity index (χ0n) is 12.5. The molecule has 1 unspecified atom stereocenters. The second kappa shape index (κ2) is 5.93. The molecular formula is C13H14N2O5S3. The average molecular weight is 374 g/mol. The van der Waals surface area contributed by atoms with E-state index < -0.39 is 28.5 Å². The minimum atomic E-state index is -3.72. The molecule has 1 saturated heterocycles. The van der Waals surface area contributed by atoms with Crippen LogP contribution in [0.4, 0.5) is 10.5 Å². The quantitative estimate of drug-likeness (QED) is 0.601. The van der Waals surface area contributed by atoms with E-state index in [4.69, 9.17) is 8.92 Å². The summed E-state index contributed by atoms with van der Waals surface area (Å²) in [7, 11) is -3.72. The molecule has 0 spiro atoms. The van der Waals surface area contributed by atoms with Crippen molar-refractivity contribution in [1.29, 1.82) is 0 Å². The van der Waals surface area contributed by atoms with Gasteiger partial charge in [0.25, 0.3) is 10.1 Å². The minimum absolute atomic E-state index is 0.567. The molecular weight excluding hydrogens is 360 g/mol. The van der Waals surface area contributed by atoms with Crippen LogP contribution < -0.4 is 4.90 Å².